The van der Waals surface area contributed by atoms with Crippen LogP contribution in [-0.4, -0.2) is 37.1 Å². The zero-order valence-electron chi connectivity index (χ0n) is 15.1. The van der Waals surface area contributed by atoms with Crippen LogP contribution in [-0.2, 0) is 9.59 Å². The Morgan fingerprint density at radius 2 is 2.04 bits per heavy atom. The van der Waals surface area contributed by atoms with Crippen LogP contribution in [0.1, 0.15) is 12.5 Å². The Balaban J connectivity index is 2.06. The number of hydrogen-bond donors (Lipinski definition) is 2. The van der Waals surface area contributed by atoms with E-state index in [-0.39, 0.29) is 12.5 Å². The molecule has 0 saturated heterocycles. The minimum Gasteiger partial charge on any atom is -0.493 e. The topological polar surface area (TPSA) is 113 Å². The van der Waals surface area contributed by atoms with Gasteiger partial charge in [-0.3, -0.25) is 9.59 Å². The Hall–Kier alpha value is -3.55. The van der Waals surface area contributed by atoms with Crippen molar-refractivity contribution < 1.29 is 23.8 Å². The molecular weight excluding hydrogens is 350 g/mol. The van der Waals surface area contributed by atoms with E-state index >= 15 is 0 Å². The molecule has 0 atom stereocenters. The highest BCUT2D eigenvalue weighted by Gasteiger charge is 2.08. The Morgan fingerprint density at radius 3 is 2.74 bits per heavy atom. The highest BCUT2D eigenvalue weighted by Crippen LogP contribution is 2.28. The highest BCUT2D eigenvalue weighted by molar-refractivity contribution is 6.02. The van der Waals surface area contributed by atoms with Crippen molar-refractivity contribution in [2.24, 2.45) is 5.73 Å². The van der Waals surface area contributed by atoms with Crippen molar-refractivity contribution in [2.75, 3.05) is 25.6 Å². The van der Waals surface area contributed by atoms with Crippen LogP contribution in [0.4, 0.5) is 5.69 Å². The van der Waals surface area contributed by atoms with Gasteiger partial charge in [-0.25, -0.2) is 4.98 Å². The number of aromatic nitrogens is 1. The first kappa shape index (κ1) is 19.8. The Morgan fingerprint density at radius 1 is 1.22 bits per heavy atom. The molecule has 1 heterocycles. The molecule has 3 N–H and O–H groups in total. The molecule has 1 aromatic carbocycles. The van der Waals surface area contributed by atoms with E-state index in [0.29, 0.717) is 35.2 Å². The van der Waals surface area contributed by atoms with Gasteiger partial charge in [0.25, 0.3) is 5.91 Å². The molecular formula is C19H21N3O5. The molecule has 8 heteroatoms. The van der Waals surface area contributed by atoms with Crippen LogP contribution >= 0.6 is 0 Å². The van der Waals surface area contributed by atoms with E-state index in [9.17, 15) is 9.59 Å². The largest absolute Gasteiger partial charge is 0.493 e. The molecule has 0 saturated carbocycles. The summed E-state index contributed by atoms with van der Waals surface area (Å²) < 4.78 is 15.9. The van der Waals surface area contributed by atoms with Crippen LogP contribution in [0.3, 0.4) is 0 Å². The van der Waals surface area contributed by atoms with E-state index in [1.807, 2.05) is 6.92 Å². The second kappa shape index (κ2) is 9.81. The molecule has 2 amide bonds. The quantitative estimate of drug-likeness (QED) is 0.652. The van der Waals surface area contributed by atoms with Crippen LogP contribution in [0.5, 0.6) is 17.4 Å². The van der Waals surface area contributed by atoms with Crippen molar-refractivity contribution in [3.63, 3.8) is 0 Å². The number of nitrogens with zero attached hydrogens (tertiary/aromatic N) is 1. The third-order valence-electron chi connectivity index (χ3n) is 3.29. The summed E-state index contributed by atoms with van der Waals surface area (Å²) in [7, 11) is 1.48. The summed E-state index contributed by atoms with van der Waals surface area (Å²) in [6, 6.07) is 8.44. The number of methoxy groups -OCH3 is 1. The molecule has 27 heavy (non-hydrogen) atoms. The number of carbonyl (C=O) groups excluding carboxylic acids is 2. The third-order valence-corrected chi connectivity index (χ3v) is 3.29. The highest BCUT2D eigenvalue weighted by atomic mass is 16.5. The molecule has 0 spiro atoms. The van der Waals surface area contributed by atoms with E-state index in [4.69, 9.17) is 19.9 Å². The van der Waals surface area contributed by atoms with Crippen LogP contribution in [0, 0.1) is 0 Å². The lowest BCUT2D eigenvalue weighted by molar-refractivity contribution is -0.120. The van der Waals surface area contributed by atoms with Gasteiger partial charge in [0.2, 0.25) is 11.8 Å². The maximum atomic E-state index is 12.2. The monoisotopic (exact) mass is 371 g/mol. The van der Waals surface area contributed by atoms with Gasteiger partial charge in [0.1, 0.15) is 5.69 Å². The molecule has 2 rings (SSSR count). The summed E-state index contributed by atoms with van der Waals surface area (Å²) in [5.74, 6) is 0.246. The van der Waals surface area contributed by atoms with Crippen molar-refractivity contribution in [2.45, 2.75) is 6.92 Å². The van der Waals surface area contributed by atoms with Gasteiger partial charge in [-0.05, 0) is 42.8 Å². The molecule has 142 valence electrons. The number of rotatable bonds is 9. The maximum Gasteiger partial charge on any atom is 0.255 e. The van der Waals surface area contributed by atoms with E-state index in [2.05, 4.69) is 10.3 Å². The molecule has 0 aliphatic heterocycles. The molecule has 0 aliphatic carbocycles. The summed E-state index contributed by atoms with van der Waals surface area (Å²) in [4.78, 5) is 27.0. The summed E-state index contributed by atoms with van der Waals surface area (Å²) in [5, 5.41) is 2.72. The van der Waals surface area contributed by atoms with Crippen molar-refractivity contribution in [3.05, 3.63) is 48.2 Å². The van der Waals surface area contributed by atoms with Crippen molar-refractivity contribution in [3.8, 4) is 17.4 Å². The minimum atomic E-state index is -0.584. The van der Waals surface area contributed by atoms with Crippen molar-refractivity contribution in [1.29, 1.82) is 0 Å². The summed E-state index contributed by atoms with van der Waals surface area (Å²) >= 11 is 0. The number of primary amides is 1. The standard InChI is InChI=1S/C19H21N3O5/c1-3-26-19-14(5-4-10-21-19)22-18(24)9-7-13-6-8-15(16(11-13)25-2)27-12-17(20)23/h4-11H,3,12H2,1-2H3,(H2,20,23)(H,22,24)/b9-7+. The van der Waals surface area contributed by atoms with Gasteiger partial charge >= 0.3 is 0 Å². The number of ether oxygens (including phenoxy) is 3. The Kier molecular flexibility index (Phi) is 7.18. The summed E-state index contributed by atoms with van der Waals surface area (Å²) in [6.45, 7) is 2.03. The molecule has 0 aliphatic rings. The van der Waals surface area contributed by atoms with Gasteiger partial charge in [-0.2, -0.15) is 0 Å². The first-order valence-corrected chi connectivity index (χ1v) is 8.19. The number of amides is 2. The lowest BCUT2D eigenvalue weighted by atomic mass is 10.2. The van der Waals surface area contributed by atoms with E-state index < -0.39 is 5.91 Å². The predicted molar refractivity (Wildman–Crippen MR) is 101 cm³/mol. The number of nitrogens with two attached hydrogens (primary N) is 1. The van der Waals surface area contributed by atoms with Gasteiger partial charge in [0.15, 0.2) is 18.1 Å². The minimum absolute atomic E-state index is 0.249. The van der Waals surface area contributed by atoms with E-state index in [1.54, 1.807) is 42.6 Å². The van der Waals surface area contributed by atoms with Gasteiger partial charge in [-0.1, -0.05) is 6.07 Å². The molecule has 0 radical (unpaired) electrons. The van der Waals surface area contributed by atoms with Gasteiger partial charge in [-0.15, -0.1) is 0 Å². The Bertz CT molecular complexity index is 836. The average molecular weight is 371 g/mol. The zero-order chi connectivity index (χ0) is 19.6. The van der Waals surface area contributed by atoms with Gasteiger partial charge < -0.3 is 25.3 Å². The number of nitrogens with one attached hydrogen (secondary N) is 1. The van der Waals surface area contributed by atoms with E-state index in [0.717, 1.165) is 0 Å². The van der Waals surface area contributed by atoms with Gasteiger partial charge in [0.05, 0.1) is 13.7 Å². The Labute approximate surface area is 156 Å². The SMILES string of the molecule is CCOc1ncccc1NC(=O)/C=C/c1ccc(OCC(N)=O)c(OC)c1. The molecule has 2 aromatic rings. The first-order valence-electron chi connectivity index (χ1n) is 8.19. The fraction of sp³-hybridized carbons (Fsp3) is 0.211. The van der Waals surface area contributed by atoms with Crippen molar-refractivity contribution >= 4 is 23.6 Å². The second-order valence-electron chi connectivity index (χ2n) is 5.28. The lowest BCUT2D eigenvalue weighted by Gasteiger charge is -2.10. The van der Waals surface area contributed by atoms with E-state index in [1.165, 1.54) is 13.2 Å². The zero-order valence-corrected chi connectivity index (χ0v) is 15.1. The average Bonchev–Trinajstić information content (AvgIpc) is 2.66. The predicted octanol–water partition coefficient (Wildman–Crippen LogP) is 2.00. The molecule has 0 bridgehead atoms. The first-order chi connectivity index (χ1) is 13.0. The fourth-order valence-electron chi connectivity index (χ4n) is 2.14. The third kappa shape index (κ3) is 6.03. The fourth-order valence-corrected chi connectivity index (χ4v) is 2.14. The number of hydrogen-bond acceptors (Lipinski definition) is 6. The molecule has 8 nitrogen and oxygen atoms in total. The number of benzene rings is 1. The number of pyridine rings is 1. The number of carbonyl (C=O) groups is 2. The molecule has 1 aromatic heterocycles. The van der Waals surface area contributed by atoms with Gasteiger partial charge in [0, 0.05) is 12.3 Å². The van der Waals surface area contributed by atoms with Crippen LogP contribution in [0.15, 0.2) is 42.6 Å². The molecule has 0 unspecified atom stereocenters. The summed E-state index contributed by atoms with van der Waals surface area (Å²) in [5.41, 5.74) is 6.26. The number of anilines is 1. The lowest BCUT2D eigenvalue weighted by Crippen LogP contribution is -2.20. The summed E-state index contributed by atoms with van der Waals surface area (Å²) in [6.07, 6.45) is 4.58. The smallest absolute Gasteiger partial charge is 0.255 e. The van der Waals surface area contributed by atoms with Crippen LogP contribution in [0.2, 0.25) is 0 Å². The van der Waals surface area contributed by atoms with Crippen LogP contribution in [0.25, 0.3) is 6.08 Å². The second-order valence-corrected chi connectivity index (χ2v) is 5.28. The normalized spacial score (nSPS) is 10.4. The van der Waals surface area contributed by atoms with Crippen LogP contribution < -0.4 is 25.3 Å². The maximum absolute atomic E-state index is 12.2. The molecule has 0 fully saturated rings. The van der Waals surface area contributed by atoms with Crippen molar-refractivity contribution in [1.82, 2.24) is 4.98 Å².